The number of hydrogen-bond donors (Lipinski definition) is 1. The van der Waals surface area contributed by atoms with Gasteiger partial charge in [0.05, 0.1) is 18.7 Å². The third-order valence-electron chi connectivity index (χ3n) is 3.53. The van der Waals surface area contributed by atoms with E-state index < -0.39 is 0 Å². The molecule has 2 aromatic heterocycles. The highest BCUT2D eigenvalue weighted by Gasteiger charge is 2.28. The van der Waals surface area contributed by atoms with Gasteiger partial charge in [0, 0.05) is 38.4 Å². The lowest BCUT2D eigenvalue weighted by Gasteiger charge is -2.33. The summed E-state index contributed by atoms with van der Waals surface area (Å²) in [7, 11) is 1.79. The molecular formula is C15H17N5O2. The van der Waals surface area contributed by atoms with Crippen molar-refractivity contribution >= 4 is 11.7 Å². The second kappa shape index (κ2) is 6.48. The van der Waals surface area contributed by atoms with E-state index in [0.29, 0.717) is 36.8 Å². The van der Waals surface area contributed by atoms with Crippen LogP contribution in [0.3, 0.4) is 0 Å². The zero-order valence-electron chi connectivity index (χ0n) is 12.3. The van der Waals surface area contributed by atoms with Crippen molar-refractivity contribution in [2.45, 2.75) is 6.10 Å². The van der Waals surface area contributed by atoms with Crippen LogP contribution in [0, 0.1) is 0 Å². The number of aromatic nitrogens is 3. The Morgan fingerprint density at radius 3 is 3.00 bits per heavy atom. The summed E-state index contributed by atoms with van der Waals surface area (Å²) in [5, 5.41) is 3.00. The predicted molar refractivity (Wildman–Crippen MR) is 80.4 cm³/mol. The minimum absolute atomic E-state index is 0.0451. The quantitative estimate of drug-likeness (QED) is 0.915. The van der Waals surface area contributed by atoms with Gasteiger partial charge in [-0.2, -0.15) is 0 Å². The van der Waals surface area contributed by atoms with Crippen LogP contribution in [0.1, 0.15) is 22.2 Å². The number of nitrogens with one attached hydrogen (secondary N) is 1. The first-order chi connectivity index (χ1) is 10.8. The van der Waals surface area contributed by atoms with Crippen LogP contribution in [-0.2, 0) is 4.74 Å². The fourth-order valence-electron chi connectivity index (χ4n) is 2.45. The van der Waals surface area contributed by atoms with Crippen LogP contribution in [0.25, 0.3) is 0 Å². The minimum Gasteiger partial charge on any atom is -0.372 e. The van der Waals surface area contributed by atoms with Gasteiger partial charge in [-0.05, 0) is 12.1 Å². The summed E-state index contributed by atoms with van der Waals surface area (Å²) in [4.78, 5) is 26.8. The van der Waals surface area contributed by atoms with Crippen molar-refractivity contribution < 1.29 is 9.53 Å². The first-order valence-corrected chi connectivity index (χ1v) is 7.09. The third-order valence-corrected chi connectivity index (χ3v) is 3.53. The van der Waals surface area contributed by atoms with E-state index in [9.17, 15) is 4.79 Å². The number of amides is 1. The van der Waals surface area contributed by atoms with Gasteiger partial charge in [-0.25, -0.2) is 4.98 Å². The van der Waals surface area contributed by atoms with Gasteiger partial charge in [0.1, 0.15) is 17.6 Å². The van der Waals surface area contributed by atoms with E-state index in [1.807, 2.05) is 0 Å². The van der Waals surface area contributed by atoms with E-state index in [2.05, 4.69) is 20.3 Å². The fourth-order valence-corrected chi connectivity index (χ4v) is 2.45. The minimum atomic E-state index is -0.287. The number of carbonyl (C=O) groups excluding carboxylic acids is 1. The molecule has 0 radical (unpaired) electrons. The molecule has 0 saturated carbocycles. The topological polar surface area (TPSA) is 80.2 Å². The van der Waals surface area contributed by atoms with Crippen molar-refractivity contribution in [1.29, 1.82) is 0 Å². The fraction of sp³-hybridized carbons (Fsp3) is 0.333. The highest BCUT2D eigenvalue weighted by atomic mass is 16.5. The van der Waals surface area contributed by atoms with Gasteiger partial charge in [-0.15, -0.1) is 0 Å². The molecule has 0 aromatic carbocycles. The Hall–Kier alpha value is -2.54. The molecule has 114 valence electrons. The molecule has 3 heterocycles. The monoisotopic (exact) mass is 299 g/mol. The maximum atomic E-state index is 12.5. The molecule has 1 amide bonds. The molecule has 3 rings (SSSR count). The van der Waals surface area contributed by atoms with Crippen molar-refractivity contribution in [1.82, 2.24) is 19.9 Å². The summed E-state index contributed by atoms with van der Waals surface area (Å²) in [6.45, 7) is 1.47. The standard InChI is InChI=1S/C15H17N5O2/c1-16-14-13(18-5-6-19-14)12-10-20(7-8-22-12)15(21)11-3-2-4-17-9-11/h2-6,9,12H,7-8,10H2,1H3,(H,16,19)/t12-/m1/s1. The first-order valence-electron chi connectivity index (χ1n) is 7.09. The highest BCUT2D eigenvalue weighted by Crippen LogP contribution is 2.25. The Labute approximate surface area is 128 Å². The van der Waals surface area contributed by atoms with E-state index in [4.69, 9.17) is 4.74 Å². The second-order valence-corrected chi connectivity index (χ2v) is 4.89. The molecular weight excluding hydrogens is 282 g/mol. The smallest absolute Gasteiger partial charge is 0.255 e. The Kier molecular flexibility index (Phi) is 4.24. The van der Waals surface area contributed by atoms with Crippen LogP contribution in [0.5, 0.6) is 0 Å². The molecule has 1 aliphatic rings. The van der Waals surface area contributed by atoms with Crippen molar-refractivity contribution in [2.24, 2.45) is 0 Å². The number of ether oxygens (including phenoxy) is 1. The number of carbonyl (C=O) groups is 1. The summed E-state index contributed by atoms with van der Waals surface area (Å²) >= 11 is 0. The van der Waals surface area contributed by atoms with Crippen LogP contribution in [0.2, 0.25) is 0 Å². The van der Waals surface area contributed by atoms with E-state index in [-0.39, 0.29) is 12.0 Å². The maximum Gasteiger partial charge on any atom is 0.255 e. The van der Waals surface area contributed by atoms with E-state index >= 15 is 0 Å². The van der Waals surface area contributed by atoms with E-state index in [0.717, 1.165) is 0 Å². The van der Waals surface area contributed by atoms with Gasteiger partial charge in [0.15, 0.2) is 0 Å². The summed E-state index contributed by atoms with van der Waals surface area (Å²) < 4.78 is 5.77. The van der Waals surface area contributed by atoms with Gasteiger partial charge in [-0.1, -0.05) is 0 Å². The van der Waals surface area contributed by atoms with Crippen LogP contribution in [-0.4, -0.2) is 52.5 Å². The van der Waals surface area contributed by atoms with Gasteiger partial charge in [-0.3, -0.25) is 14.8 Å². The summed E-state index contributed by atoms with van der Waals surface area (Å²) in [6.07, 6.45) is 6.19. The number of rotatable bonds is 3. The predicted octanol–water partition coefficient (Wildman–Crippen LogP) is 1.13. The zero-order chi connectivity index (χ0) is 15.4. The van der Waals surface area contributed by atoms with Crippen molar-refractivity contribution in [3.63, 3.8) is 0 Å². The van der Waals surface area contributed by atoms with Crippen LogP contribution >= 0.6 is 0 Å². The van der Waals surface area contributed by atoms with Crippen LogP contribution in [0.4, 0.5) is 5.82 Å². The molecule has 0 spiro atoms. The Morgan fingerprint density at radius 2 is 2.23 bits per heavy atom. The highest BCUT2D eigenvalue weighted by molar-refractivity contribution is 5.93. The van der Waals surface area contributed by atoms with Gasteiger partial charge in [0.2, 0.25) is 0 Å². The summed E-state index contributed by atoms with van der Waals surface area (Å²) in [5.41, 5.74) is 1.30. The summed E-state index contributed by atoms with van der Waals surface area (Å²) in [5.74, 6) is 0.625. The molecule has 0 bridgehead atoms. The molecule has 7 heteroatoms. The SMILES string of the molecule is CNc1nccnc1[C@H]1CN(C(=O)c2cccnc2)CCO1. The zero-order valence-corrected chi connectivity index (χ0v) is 12.3. The number of anilines is 1. The van der Waals surface area contributed by atoms with Crippen molar-refractivity contribution in [3.05, 3.63) is 48.2 Å². The van der Waals surface area contributed by atoms with Gasteiger partial charge >= 0.3 is 0 Å². The van der Waals surface area contributed by atoms with Crippen molar-refractivity contribution in [2.75, 3.05) is 32.1 Å². The van der Waals surface area contributed by atoms with E-state index in [1.54, 1.807) is 48.9 Å². The lowest BCUT2D eigenvalue weighted by molar-refractivity contribution is -0.0245. The van der Waals surface area contributed by atoms with Gasteiger partial charge in [0.25, 0.3) is 5.91 Å². The molecule has 2 aromatic rings. The third kappa shape index (κ3) is 2.89. The Balaban J connectivity index is 1.78. The molecule has 1 saturated heterocycles. The Morgan fingerprint density at radius 1 is 1.36 bits per heavy atom. The Bertz CT molecular complexity index is 649. The summed E-state index contributed by atoms with van der Waals surface area (Å²) in [6, 6.07) is 3.52. The molecule has 7 nitrogen and oxygen atoms in total. The largest absolute Gasteiger partial charge is 0.372 e. The van der Waals surface area contributed by atoms with Gasteiger partial charge < -0.3 is 15.0 Å². The number of pyridine rings is 1. The average Bonchev–Trinajstić information content (AvgIpc) is 2.62. The molecule has 1 N–H and O–H groups in total. The van der Waals surface area contributed by atoms with Crippen molar-refractivity contribution in [3.8, 4) is 0 Å². The number of nitrogens with zero attached hydrogens (tertiary/aromatic N) is 4. The lowest BCUT2D eigenvalue weighted by atomic mass is 10.1. The molecule has 0 aliphatic carbocycles. The second-order valence-electron chi connectivity index (χ2n) is 4.89. The van der Waals surface area contributed by atoms with Crippen LogP contribution < -0.4 is 5.32 Å². The molecule has 1 atom stereocenters. The molecule has 1 fully saturated rings. The lowest BCUT2D eigenvalue weighted by Crippen LogP contribution is -2.42. The molecule has 0 unspecified atom stereocenters. The average molecular weight is 299 g/mol. The number of morpholine rings is 1. The maximum absolute atomic E-state index is 12.5. The first kappa shape index (κ1) is 14.4. The normalized spacial score (nSPS) is 18.0. The van der Waals surface area contributed by atoms with E-state index in [1.165, 1.54) is 0 Å². The van der Waals surface area contributed by atoms with Crippen LogP contribution in [0.15, 0.2) is 36.9 Å². The molecule has 22 heavy (non-hydrogen) atoms. The molecule has 1 aliphatic heterocycles. The number of hydrogen-bond acceptors (Lipinski definition) is 6.